The van der Waals surface area contributed by atoms with Crippen molar-refractivity contribution in [3.05, 3.63) is 28.6 Å². The number of carboxylic acid groups (broad SMARTS) is 1. The normalized spacial score (nSPS) is 27.1. The molecule has 0 bridgehead atoms. The Morgan fingerprint density at radius 2 is 1.79 bits per heavy atom. The summed E-state index contributed by atoms with van der Waals surface area (Å²) in [5.41, 5.74) is -0.672. The summed E-state index contributed by atoms with van der Waals surface area (Å²) in [4.78, 5) is 65.5. The average molecular weight is 811 g/mol. The number of methoxy groups -OCH3 is 1. The highest BCUT2D eigenvalue weighted by atomic mass is 35.5. The second kappa shape index (κ2) is 15.2. The first-order valence-electron chi connectivity index (χ1n) is 19.4. The molecule has 302 valence electrons. The summed E-state index contributed by atoms with van der Waals surface area (Å²) in [6.07, 6.45) is 2.16. The van der Waals surface area contributed by atoms with E-state index >= 15 is 0 Å². The van der Waals surface area contributed by atoms with Gasteiger partial charge in [0.05, 0.1) is 24.9 Å². The van der Waals surface area contributed by atoms with E-state index in [1.54, 1.807) is 18.2 Å². The van der Waals surface area contributed by atoms with Crippen LogP contribution in [0.15, 0.2) is 23.6 Å². The standard InChI is InChI=1S/C40H51ClN6O8S/c1-8-22-16-40(22,36(50)51)46-34(48)28-14-24(17-47(28)35(49)33(39(4,5)6)45-38(52)55-23-12-20-11-21(20)13-23)54-30-15-26(27-18-56-37(44-27)42-19(2)3)43-32-25(30)9-10-29(53-7)31(32)41/h9-10,15,18-24,28,33H,8,11-14,16-17H2,1-7H3,(H,42,44)(H,45,52)(H,46,48)(H,50,51)/t20-,21+,22?,23?,24-,28+,33-,40-/m1/s1. The van der Waals surface area contributed by atoms with Gasteiger partial charge in [-0.1, -0.05) is 45.7 Å². The fourth-order valence-electron chi connectivity index (χ4n) is 8.32. The highest BCUT2D eigenvalue weighted by molar-refractivity contribution is 7.14. The van der Waals surface area contributed by atoms with Crippen LogP contribution in [0.1, 0.15) is 80.1 Å². The molecule has 4 aliphatic rings. The molecule has 16 heteroatoms. The van der Waals surface area contributed by atoms with Crippen LogP contribution in [0.25, 0.3) is 22.3 Å². The van der Waals surface area contributed by atoms with Gasteiger partial charge in [0.2, 0.25) is 11.8 Å². The van der Waals surface area contributed by atoms with E-state index in [1.165, 1.54) is 29.8 Å². The van der Waals surface area contributed by atoms with Crippen LogP contribution in [0, 0.1) is 23.2 Å². The molecule has 8 atom stereocenters. The molecular formula is C40H51ClN6O8S. The van der Waals surface area contributed by atoms with Crippen molar-refractivity contribution in [1.29, 1.82) is 0 Å². The van der Waals surface area contributed by atoms with Crippen molar-refractivity contribution in [2.45, 2.75) is 116 Å². The lowest BCUT2D eigenvalue weighted by atomic mass is 9.85. The lowest BCUT2D eigenvalue weighted by Gasteiger charge is -2.35. The van der Waals surface area contributed by atoms with Crippen molar-refractivity contribution in [2.24, 2.45) is 23.2 Å². The smallest absolute Gasteiger partial charge is 0.408 e. The molecule has 4 N–H and O–H groups in total. The van der Waals surface area contributed by atoms with E-state index in [0.29, 0.717) is 58.5 Å². The van der Waals surface area contributed by atoms with E-state index < -0.39 is 53.0 Å². The molecule has 3 amide bonds. The maximum atomic E-state index is 14.7. The molecule has 0 radical (unpaired) electrons. The van der Waals surface area contributed by atoms with Crippen LogP contribution < -0.4 is 25.4 Å². The lowest BCUT2D eigenvalue weighted by molar-refractivity contribution is -0.146. The molecule has 4 fully saturated rings. The third-order valence-corrected chi connectivity index (χ3v) is 12.7. The quantitative estimate of drug-likeness (QED) is 0.148. The van der Waals surface area contributed by atoms with Crippen molar-refractivity contribution < 1.29 is 38.5 Å². The molecule has 0 spiro atoms. The number of hydrogen-bond acceptors (Lipinski definition) is 11. The molecule has 1 aliphatic heterocycles. The van der Waals surface area contributed by atoms with Crippen LogP contribution in [0.3, 0.4) is 0 Å². The summed E-state index contributed by atoms with van der Waals surface area (Å²) in [6.45, 7) is 11.4. The summed E-state index contributed by atoms with van der Waals surface area (Å²) in [7, 11) is 1.52. The van der Waals surface area contributed by atoms with E-state index in [0.717, 1.165) is 18.0 Å². The molecule has 14 nitrogen and oxygen atoms in total. The average Bonchev–Trinajstić information content (AvgIpc) is 3.80. The number of carboxylic acids is 1. The number of rotatable bonds is 13. The van der Waals surface area contributed by atoms with Crippen LogP contribution in [0.4, 0.5) is 9.93 Å². The molecule has 3 heterocycles. The van der Waals surface area contributed by atoms with Gasteiger partial charge in [0.15, 0.2) is 5.13 Å². The van der Waals surface area contributed by atoms with Crippen LogP contribution in [-0.2, 0) is 19.1 Å². The number of carbonyl (C=O) groups is 4. The third kappa shape index (κ3) is 7.93. The zero-order valence-electron chi connectivity index (χ0n) is 32.8. The minimum Gasteiger partial charge on any atom is -0.495 e. The number of likely N-dealkylation sites (tertiary alicyclic amines) is 1. The van der Waals surface area contributed by atoms with Crippen molar-refractivity contribution in [2.75, 3.05) is 19.0 Å². The number of ether oxygens (including phenoxy) is 3. The van der Waals surface area contributed by atoms with Crippen LogP contribution in [-0.4, -0.2) is 93.4 Å². The van der Waals surface area contributed by atoms with E-state index in [-0.39, 0.29) is 36.1 Å². The van der Waals surface area contributed by atoms with Gasteiger partial charge in [0.25, 0.3) is 0 Å². The summed E-state index contributed by atoms with van der Waals surface area (Å²) in [5, 5.41) is 22.6. The van der Waals surface area contributed by atoms with E-state index in [1.807, 2.05) is 46.9 Å². The fourth-order valence-corrected chi connectivity index (χ4v) is 9.46. The first kappa shape index (κ1) is 39.8. The molecule has 1 aromatic carbocycles. The molecular weight excluding hydrogens is 760 g/mol. The number of carbonyl (C=O) groups excluding carboxylic acids is 3. The number of halogens is 1. The number of amides is 3. The largest absolute Gasteiger partial charge is 0.495 e. The molecule has 7 rings (SSSR count). The molecule has 3 saturated carbocycles. The first-order chi connectivity index (χ1) is 26.5. The summed E-state index contributed by atoms with van der Waals surface area (Å²) < 4.78 is 18.0. The van der Waals surface area contributed by atoms with E-state index in [9.17, 15) is 24.3 Å². The monoisotopic (exact) mass is 810 g/mol. The minimum absolute atomic E-state index is 0.0221. The Kier molecular flexibility index (Phi) is 10.8. The fraction of sp³-hybridized carbons (Fsp3) is 0.600. The Bertz CT molecular complexity index is 2030. The number of hydrogen-bond donors (Lipinski definition) is 4. The first-order valence-corrected chi connectivity index (χ1v) is 20.7. The molecule has 56 heavy (non-hydrogen) atoms. The van der Waals surface area contributed by atoms with Crippen molar-refractivity contribution in [3.63, 3.8) is 0 Å². The second-order valence-electron chi connectivity index (χ2n) is 17.1. The van der Waals surface area contributed by atoms with Gasteiger partial charge in [-0.15, -0.1) is 11.3 Å². The van der Waals surface area contributed by atoms with Gasteiger partial charge in [0, 0.05) is 29.3 Å². The van der Waals surface area contributed by atoms with Gasteiger partial charge in [0.1, 0.15) is 52.0 Å². The Morgan fingerprint density at radius 1 is 1.05 bits per heavy atom. The summed E-state index contributed by atoms with van der Waals surface area (Å²) in [5.74, 6) is -0.397. The highest BCUT2D eigenvalue weighted by Crippen LogP contribution is 2.52. The number of thiazole rings is 1. The predicted octanol–water partition coefficient (Wildman–Crippen LogP) is 6.50. The van der Waals surface area contributed by atoms with Gasteiger partial charge < -0.3 is 40.2 Å². The number of anilines is 1. The molecule has 2 unspecified atom stereocenters. The Balaban J connectivity index is 1.20. The zero-order chi connectivity index (χ0) is 40.3. The summed E-state index contributed by atoms with van der Waals surface area (Å²) >= 11 is 8.26. The Labute approximate surface area is 335 Å². The van der Waals surface area contributed by atoms with Crippen LogP contribution in [0.2, 0.25) is 5.02 Å². The van der Waals surface area contributed by atoms with E-state index in [2.05, 4.69) is 16.0 Å². The van der Waals surface area contributed by atoms with Crippen molar-refractivity contribution >= 4 is 62.8 Å². The minimum atomic E-state index is -1.41. The molecule has 3 aromatic rings. The number of aliphatic carboxylic acids is 1. The Hall–Kier alpha value is -4.37. The zero-order valence-corrected chi connectivity index (χ0v) is 34.4. The van der Waals surface area contributed by atoms with Crippen molar-refractivity contribution in [3.8, 4) is 22.9 Å². The third-order valence-electron chi connectivity index (χ3n) is 11.6. The number of nitrogens with zero attached hydrogens (tertiary/aromatic N) is 3. The second-order valence-corrected chi connectivity index (χ2v) is 18.3. The topological polar surface area (TPSA) is 181 Å². The van der Waals surface area contributed by atoms with Gasteiger partial charge in [-0.25, -0.2) is 19.6 Å². The van der Waals surface area contributed by atoms with Crippen molar-refractivity contribution in [1.82, 2.24) is 25.5 Å². The van der Waals surface area contributed by atoms with Gasteiger partial charge >= 0.3 is 12.1 Å². The number of fused-ring (bicyclic) bond motifs is 2. The van der Waals surface area contributed by atoms with Crippen LogP contribution >= 0.6 is 22.9 Å². The van der Waals surface area contributed by atoms with Gasteiger partial charge in [-0.3, -0.25) is 9.59 Å². The SMILES string of the molecule is CCC1C[C@]1(NC(=O)[C@@H]1C[C@@H](Oc2cc(-c3csc(NC(C)C)n3)nc3c(Cl)c(OC)ccc23)CN1C(=O)[C@@H](NC(=O)OC1C[C@@H]2C[C@@H]2C1)C(C)(C)C)C(=O)O. The van der Waals surface area contributed by atoms with Crippen LogP contribution in [0.5, 0.6) is 11.5 Å². The maximum Gasteiger partial charge on any atom is 0.408 e. The highest BCUT2D eigenvalue weighted by Gasteiger charge is 2.61. The maximum absolute atomic E-state index is 14.7. The molecule has 3 aliphatic carbocycles. The number of aromatic nitrogens is 2. The number of benzene rings is 1. The Morgan fingerprint density at radius 3 is 2.41 bits per heavy atom. The number of alkyl carbamates (subject to hydrolysis) is 1. The van der Waals surface area contributed by atoms with Gasteiger partial charge in [-0.2, -0.15) is 0 Å². The van der Waals surface area contributed by atoms with E-state index in [4.69, 9.17) is 35.8 Å². The molecule has 2 aromatic heterocycles. The van der Waals surface area contributed by atoms with Gasteiger partial charge in [-0.05, 0) is 74.8 Å². The lowest BCUT2D eigenvalue weighted by Crippen LogP contribution is -2.59. The summed E-state index contributed by atoms with van der Waals surface area (Å²) in [6, 6.07) is 3.28. The number of nitrogens with one attached hydrogen (secondary N) is 3. The predicted molar refractivity (Wildman–Crippen MR) is 212 cm³/mol. The number of pyridine rings is 1. The molecule has 1 saturated heterocycles.